The quantitative estimate of drug-likeness (QED) is 0.644. The number of rotatable bonds is 5. The van der Waals surface area contributed by atoms with Crippen LogP contribution in [0.1, 0.15) is 10.6 Å². The van der Waals surface area contributed by atoms with E-state index in [9.17, 15) is 26.4 Å². The Kier molecular flexibility index (Phi) is 5.36. The highest BCUT2D eigenvalue weighted by atomic mass is 32.2. The Labute approximate surface area is 166 Å². The topological polar surface area (TPSA) is 117 Å². The molecular weight excluding hydrogens is 433 g/mol. The first-order chi connectivity index (χ1) is 13.5. The molecule has 154 valence electrons. The molecule has 0 atom stereocenters. The molecule has 13 heteroatoms. The standard InChI is InChI=1S/C16H13F3N4O4S2/c1-23-7-10(5-22-23)9-2-11(16(17,18)19)4-12(3-9)29(25,26)14-6-21-13(28-14)8-27-15(20)24/h2-7H,8H2,1H3,(H2,20,24). The molecule has 0 fully saturated rings. The van der Waals surface area contributed by atoms with Gasteiger partial charge in [-0.15, -0.1) is 11.3 Å². The van der Waals surface area contributed by atoms with Crippen molar-refractivity contribution in [3.8, 4) is 11.1 Å². The number of nitrogens with zero attached hydrogens (tertiary/aromatic N) is 3. The van der Waals surface area contributed by atoms with Gasteiger partial charge in [-0.25, -0.2) is 18.2 Å². The number of halogens is 3. The Morgan fingerprint density at radius 1 is 1.24 bits per heavy atom. The van der Waals surface area contributed by atoms with Gasteiger partial charge in [0.25, 0.3) is 0 Å². The van der Waals surface area contributed by atoms with Gasteiger partial charge >= 0.3 is 12.3 Å². The minimum absolute atomic E-state index is 0.0494. The lowest BCUT2D eigenvalue weighted by molar-refractivity contribution is -0.137. The number of ether oxygens (including phenoxy) is 1. The summed E-state index contributed by atoms with van der Waals surface area (Å²) in [5, 5.41) is 4.03. The van der Waals surface area contributed by atoms with Gasteiger partial charge in [-0.3, -0.25) is 4.68 Å². The Morgan fingerprint density at radius 3 is 2.55 bits per heavy atom. The molecule has 2 N–H and O–H groups in total. The number of hydrogen-bond acceptors (Lipinski definition) is 7. The number of hydrogen-bond donors (Lipinski definition) is 1. The number of carbonyl (C=O) groups excluding carboxylic acids is 1. The van der Waals surface area contributed by atoms with Gasteiger partial charge < -0.3 is 10.5 Å². The summed E-state index contributed by atoms with van der Waals surface area (Å²) >= 11 is 0.666. The summed E-state index contributed by atoms with van der Waals surface area (Å²) in [5.41, 5.74) is 4.11. The third-order valence-corrected chi connectivity index (χ3v) is 6.88. The van der Waals surface area contributed by atoms with Crippen molar-refractivity contribution in [1.29, 1.82) is 0 Å². The van der Waals surface area contributed by atoms with E-state index in [-0.39, 0.29) is 21.4 Å². The maximum Gasteiger partial charge on any atom is 0.416 e. The third kappa shape index (κ3) is 4.56. The summed E-state index contributed by atoms with van der Waals surface area (Å²) < 4.78 is 71.5. The molecule has 29 heavy (non-hydrogen) atoms. The van der Waals surface area contributed by atoms with Crippen molar-refractivity contribution in [2.45, 2.75) is 21.9 Å². The van der Waals surface area contributed by atoms with E-state index in [1.54, 1.807) is 7.05 Å². The van der Waals surface area contributed by atoms with Crippen LogP contribution in [0.2, 0.25) is 0 Å². The average Bonchev–Trinajstić information content (AvgIpc) is 3.28. The van der Waals surface area contributed by atoms with E-state index in [2.05, 4.69) is 14.8 Å². The van der Waals surface area contributed by atoms with Gasteiger partial charge in [0.2, 0.25) is 9.84 Å². The molecule has 0 saturated carbocycles. The van der Waals surface area contributed by atoms with Gasteiger partial charge in [-0.05, 0) is 23.8 Å². The molecule has 0 aliphatic heterocycles. The van der Waals surface area contributed by atoms with Crippen molar-refractivity contribution in [2.75, 3.05) is 0 Å². The van der Waals surface area contributed by atoms with Crippen LogP contribution >= 0.6 is 11.3 Å². The Morgan fingerprint density at radius 2 is 1.97 bits per heavy atom. The summed E-state index contributed by atoms with van der Waals surface area (Å²) in [5.74, 6) is 0. The largest absolute Gasteiger partial charge is 0.442 e. The lowest BCUT2D eigenvalue weighted by Gasteiger charge is -2.11. The number of aromatic nitrogens is 3. The van der Waals surface area contributed by atoms with Crippen LogP contribution in [-0.2, 0) is 34.4 Å². The highest BCUT2D eigenvalue weighted by Crippen LogP contribution is 2.36. The van der Waals surface area contributed by atoms with Crippen molar-refractivity contribution in [1.82, 2.24) is 14.8 Å². The van der Waals surface area contributed by atoms with Crippen molar-refractivity contribution in [3.63, 3.8) is 0 Å². The smallest absolute Gasteiger partial charge is 0.416 e. The van der Waals surface area contributed by atoms with E-state index in [1.165, 1.54) is 17.1 Å². The Hall–Kier alpha value is -2.93. The van der Waals surface area contributed by atoms with Gasteiger partial charge in [0.1, 0.15) is 15.8 Å². The number of carbonyl (C=O) groups is 1. The first-order valence-corrected chi connectivity index (χ1v) is 10.1. The predicted molar refractivity (Wildman–Crippen MR) is 95.6 cm³/mol. The summed E-state index contributed by atoms with van der Waals surface area (Å²) in [6.07, 6.45) is -2.03. The van der Waals surface area contributed by atoms with Crippen molar-refractivity contribution in [3.05, 3.63) is 47.4 Å². The Bertz CT molecular complexity index is 1170. The second kappa shape index (κ2) is 7.48. The molecule has 1 aromatic carbocycles. The van der Waals surface area contributed by atoms with Crippen LogP contribution in [0.25, 0.3) is 11.1 Å². The van der Waals surface area contributed by atoms with E-state index in [4.69, 9.17) is 5.73 Å². The number of nitrogens with two attached hydrogens (primary N) is 1. The molecule has 0 saturated heterocycles. The Balaban J connectivity index is 2.07. The number of alkyl halides is 3. The van der Waals surface area contributed by atoms with Gasteiger partial charge in [0.05, 0.1) is 22.9 Å². The van der Waals surface area contributed by atoms with Crippen LogP contribution < -0.4 is 5.73 Å². The van der Waals surface area contributed by atoms with E-state index in [1.807, 2.05) is 0 Å². The maximum atomic E-state index is 13.4. The molecule has 0 unspecified atom stereocenters. The molecule has 8 nitrogen and oxygen atoms in total. The first kappa shape index (κ1) is 20.8. The fraction of sp³-hybridized carbons (Fsp3) is 0.188. The summed E-state index contributed by atoms with van der Waals surface area (Å²) in [6.45, 7) is -0.348. The molecule has 3 rings (SSSR count). The molecular formula is C16H13F3N4O4S2. The number of thiazole rings is 1. The molecule has 0 aliphatic rings. The molecule has 0 radical (unpaired) electrons. The van der Waals surface area contributed by atoms with Crippen LogP contribution in [0, 0.1) is 0 Å². The van der Waals surface area contributed by atoms with Crippen LogP contribution in [0.15, 0.2) is 45.9 Å². The highest BCUT2D eigenvalue weighted by Gasteiger charge is 2.33. The van der Waals surface area contributed by atoms with Gasteiger partial charge in [0, 0.05) is 18.8 Å². The van der Waals surface area contributed by atoms with Crippen molar-refractivity contribution in [2.24, 2.45) is 12.8 Å². The lowest BCUT2D eigenvalue weighted by Crippen LogP contribution is -2.12. The lowest BCUT2D eigenvalue weighted by atomic mass is 10.1. The predicted octanol–water partition coefficient (Wildman–Crippen LogP) is 2.99. The van der Waals surface area contributed by atoms with Crippen LogP contribution in [0.5, 0.6) is 0 Å². The monoisotopic (exact) mass is 446 g/mol. The maximum absolute atomic E-state index is 13.4. The summed E-state index contributed by atoms with van der Waals surface area (Å²) in [7, 11) is -2.72. The molecule has 1 amide bonds. The first-order valence-electron chi connectivity index (χ1n) is 7.80. The molecule has 3 aromatic rings. The third-order valence-electron chi connectivity index (χ3n) is 3.72. The zero-order valence-electron chi connectivity index (χ0n) is 14.7. The summed E-state index contributed by atoms with van der Waals surface area (Å²) in [4.78, 5) is 13.9. The van der Waals surface area contributed by atoms with E-state index < -0.39 is 32.6 Å². The molecule has 0 spiro atoms. The SMILES string of the molecule is Cn1cc(-c2cc(C(F)(F)F)cc(S(=O)(=O)c3cnc(COC(N)=O)s3)c2)cn1. The van der Waals surface area contributed by atoms with Gasteiger partial charge in [0.15, 0.2) is 0 Å². The number of primary amides is 1. The molecule has 0 aliphatic carbocycles. The fourth-order valence-corrected chi connectivity index (χ4v) is 4.95. The van der Waals surface area contributed by atoms with E-state index in [0.29, 0.717) is 23.0 Å². The minimum Gasteiger partial charge on any atom is -0.442 e. The summed E-state index contributed by atoms with van der Waals surface area (Å²) in [6, 6.07) is 2.56. The van der Waals surface area contributed by atoms with Crippen LogP contribution in [-0.4, -0.2) is 29.3 Å². The highest BCUT2D eigenvalue weighted by molar-refractivity contribution is 7.93. The van der Waals surface area contributed by atoms with Gasteiger partial charge in [-0.1, -0.05) is 0 Å². The minimum atomic E-state index is -4.75. The molecule has 0 bridgehead atoms. The zero-order valence-corrected chi connectivity index (χ0v) is 16.3. The van der Waals surface area contributed by atoms with Gasteiger partial charge in [-0.2, -0.15) is 18.3 Å². The molecule has 2 heterocycles. The zero-order chi connectivity index (χ0) is 21.4. The number of aryl methyl sites for hydroxylation is 1. The second-order valence-electron chi connectivity index (χ2n) is 5.83. The normalized spacial score (nSPS) is 12.1. The average molecular weight is 446 g/mol. The van der Waals surface area contributed by atoms with Crippen LogP contribution in [0.4, 0.5) is 18.0 Å². The van der Waals surface area contributed by atoms with Crippen molar-refractivity contribution >= 4 is 27.3 Å². The number of benzene rings is 1. The number of sulfone groups is 1. The van der Waals surface area contributed by atoms with E-state index in [0.717, 1.165) is 18.3 Å². The van der Waals surface area contributed by atoms with E-state index >= 15 is 0 Å². The van der Waals surface area contributed by atoms with Crippen molar-refractivity contribution < 1.29 is 31.1 Å². The number of amides is 1. The second-order valence-corrected chi connectivity index (χ2v) is 9.12. The van der Waals surface area contributed by atoms with Crippen LogP contribution in [0.3, 0.4) is 0 Å². The fourth-order valence-electron chi connectivity index (χ4n) is 2.39. The molecule has 2 aromatic heterocycles.